The van der Waals surface area contributed by atoms with E-state index in [2.05, 4.69) is 43.5 Å². The van der Waals surface area contributed by atoms with Crippen molar-refractivity contribution in [3.63, 3.8) is 0 Å². The molecule has 0 fully saturated rings. The molecule has 0 saturated carbocycles. The Morgan fingerprint density at radius 3 is 3.00 bits per heavy atom. The highest BCUT2D eigenvalue weighted by atomic mass is 127. The van der Waals surface area contributed by atoms with E-state index in [-0.39, 0.29) is 5.82 Å². The smallest absolute Gasteiger partial charge is 0.152 e. The van der Waals surface area contributed by atoms with Gasteiger partial charge in [-0.3, -0.25) is 0 Å². The van der Waals surface area contributed by atoms with Crippen LogP contribution in [0.3, 0.4) is 0 Å². The second-order valence-corrected chi connectivity index (χ2v) is 4.26. The van der Waals surface area contributed by atoms with E-state index in [0.717, 1.165) is 9.35 Å². The normalized spacial score (nSPS) is 10.9. The molecule has 0 N–H and O–H groups in total. The van der Waals surface area contributed by atoms with Crippen LogP contribution >= 0.6 is 38.5 Å². The van der Waals surface area contributed by atoms with Crippen molar-refractivity contribution in [2.45, 2.75) is 0 Å². The van der Waals surface area contributed by atoms with Crippen molar-refractivity contribution in [3.8, 4) is 0 Å². The van der Waals surface area contributed by atoms with Crippen LogP contribution in [0.2, 0.25) is 0 Å². The van der Waals surface area contributed by atoms with Gasteiger partial charge in [0.15, 0.2) is 5.65 Å². The van der Waals surface area contributed by atoms with Gasteiger partial charge in [-0.2, -0.15) is 0 Å². The van der Waals surface area contributed by atoms with Gasteiger partial charge in [0.2, 0.25) is 0 Å². The lowest BCUT2D eigenvalue weighted by Gasteiger charge is -1.95. The molecule has 2 aromatic heterocycles. The number of pyridine rings is 1. The summed E-state index contributed by atoms with van der Waals surface area (Å²) in [6.45, 7) is 0. The van der Waals surface area contributed by atoms with Crippen LogP contribution < -0.4 is 0 Å². The molecule has 2 nitrogen and oxygen atoms in total. The van der Waals surface area contributed by atoms with Gasteiger partial charge in [-0.1, -0.05) is 0 Å². The summed E-state index contributed by atoms with van der Waals surface area (Å²) in [5.41, 5.74) is 0.737. The predicted octanol–water partition coefficient (Wildman–Crippen LogP) is 2.84. The monoisotopic (exact) mass is 340 g/mol. The van der Waals surface area contributed by atoms with E-state index in [1.807, 2.05) is 0 Å². The first kappa shape index (κ1) is 8.43. The highest BCUT2D eigenvalue weighted by Gasteiger charge is 2.04. The zero-order chi connectivity index (χ0) is 8.72. The van der Waals surface area contributed by atoms with Gasteiger partial charge < -0.3 is 4.40 Å². The first-order chi connectivity index (χ1) is 5.66. The maximum absolute atomic E-state index is 12.8. The Morgan fingerprint density at radius 1 is 1.50 bits per heavy atom. The van der Waals surface area contributed by atoms with E-state index in [1.54, 1.807) is 10.6 Å². The largest absolute Gasteiger partial charge is 0.302 e. The summed E-state index contributed by atoms with van der Waals surface area (Å²) in [6.07, 6.45) is 3.17. The maximum atomic E-state index is 12.8. The molecule has 2 aromatic rings. The molecule has 0 unspecified atom stereocenters. The van der Waals surface area contributed by atoms with Gasteiger partial charge in [-0.15, -0.1) is 0 Å². The molecule has 2 heterocycles. The summed E-state index contributed by atoms with van der Waals surface area (Å²) < 4.78 is 16.0. The van der Waals surface area contributed by atoms with E-state index in [1.165, 1.54) is 12.3 Å². The molecule has 2 rings (SSSR count). The molecule has 12 heavy (non-hydrogen) atoms. The summed E-state index contributed by atoms with van der Waals surface area (Å²) in [5.74, 6) is -0.275. The average molecular weight is 341 g/mol. The zero-order valence-corrected chi connectivity index (χ0v) is 9.50. The SMILES string of the molecule is Fc1cc(Br)c2nc(I)cn2c1. The topological polar surface area (TPSA) is 17.3 Å². The van der Waals surface area contributed by atoms with Crippen molar-refractivity contribution in [1.29, 1.82) is 0 Å². The number of hydrogen-bond donors (Lipinski definition) is 0. The van der Waals surface area contributed by atoms with Crippen LogP contribution in [0.25, 0.3) is 5.65 Å². The van der Waals surface area contributed by atoms with Crippen LogP contribution in [-0.4, -0.2) is 9.38 Å². The quantitative estimate of drug-likeness (QED) is 0.674. The molecule has 0 radical (unpaired) electrons. The van der Waals surface area contributed by atoms with E-state index in [9.17, 15) is 4.39 Å². The van der Waals surface area contributed by atoms with E-state index in [4.69, 9.17) is 0 Å². The lowest BCUT2D eigenvalue weighted by atomic mass is 10.4. The number of aromatic nitrogens is 2. The standard InChI is InChI=1S/C7H3BrFIN2/c8-5-1-4(9)2-12-3-6(10)11-7(5)12/h1-3H. The van der Waals surface area contributed by atoms with E-state index >= 15 is 0 Å². The van der Waals surface area contributed by atoms with Gasteiger partial charge in [-0.25, -0.2) is 9.37 Å². The van der Waals surface area contributed by atoms with Crippen molar-refractivity contribution in [3.05, 3.63) is 32.5 Å². The van der Waals surface area contributed by atoms with E-state index in [0.29, 0.717) is 4.47 Å². The Hall–Kier alpha value is -0.170. The second-order valence-electron chi connectivity index (χ2n) is 2.30. The fourth-order valence-electron chi connectivity index (χ4n) is 0.995. The molecule has 0 aliphatic rings. The maximum Gasteiger partial charge on any atom is 0.152 e. The summed E-state index contributed by atoms with van der Waals surface area (Å²) in [5, 5.41) is 0. The molecule has 62 valence electrons. The van der Waals surface area contributed by atoms with Crippen LogP contribution in [-0.2, 0) is 0 Å². The van der Waals surface area contributed by atoms with E-state index < -0.39 is 0 Å². The van der Waals surface area contributed by atoms with Gasteiger partial charge in [0.05, 0.1) is 4.47 Å². The Morgan fingerprint density at radius 2 is 2.25 bits per heavy atom. The van der Waals surface area contributed by atoms with Crippen LogP contribution in [0.4, 0.5) is 4.39 Å². The van der Waals surface area contributed by atoms with Crippen molar-refractivity contribution in [2.75, 3.05) is 0 Å². The lowest BCUT2D eigenvalue weighted by Crippen LogP contribution is -1.86. The molecule has 0 aromatic carbocycles. The average Bonchev–Trinajstić information content (AvgIpc) is 2.29. The van der Waals surface area contributed by atoms with Crippen LogP contribution in [0, 0.1) is 9.52 Å². The molecule has 0 atom stereocenters. The molecule has 0 amide bonds. The minimum absolute atomic E-state index is 0.275. The molecule has 0 aliphatic heterocycles. The zero-order valence-electron chi connectivity index (χ0n) is 5.76. The molecule has 0 bridgehead atoms. The Kier molecular flexibility index (Phi) is 2.07. The van der Waals surface area contributed by atoms with Gasteiger partial charge in [0, 0.05) is 12.4 Å². The molecule has 0 spiro atoms. The number of hydrogen-bond acceptors (Lipinski definition) is 1. The summed E-state index contributed by atoms with van der Waals surface area (Å²) in [7, 11) is 0. The summed E-state index contributed by atoms with van der Waals surface area (Å²) in [4.78, 5) is 4.19. The van der Waals surface area contributed by atoms with Gasteiger partial charge in [0.1, 0.15) is 9.52 Å². The third-order valence-corrected chi connectivity index (χ3v) is 2.55. The highest BCUT2D eigenvalue weighted by Crippen LogP contribution is 2.19. The number of halogens is 3. The first-order valence-electron chi connectivity index (χ1n) is 3.16. The lowest BCUT2D eigenvalue weighted by molar-refractivity contribution is 0.618. The second kappa shape index (κ2) is 2.95. The number of fused-ring (bicyclic) bond motifs is 1. The first-order valence-corrected chi connectivity index (χ1v) is 5.03. The molecular formula is C7H3BrFIN2. The Bertz CT molecular complexity index is 440. The van der Waals surface area contributed by atoms with Crippen LogP contribution in [0.1, 0.15) is 0 Å². The fourth-order valence-corrected chi connectivity index (χ4v) is 2.04. The van der Waals surface area contributed by atoms with Crippen molar-refractivity contribution in [1.82, 2.24) is 9.38 Å². The Balaban J connectivity index is 2.88. The van der Waals surface area contributed by atoms with Crippen molar-refractivity contribution in [2.24, 2.45) is 0 Å². The minimum Gasteiger partial charge on any atom is -0.302 e. The number of nitrogens with zero attached hydrogens (tertiary/aromatic N) is 2. The predicted molar refractivity (Wildman–Crippen MR) is 55.6 cm³/mol. The van der Waals surface area contributed by atoms with Gasteiger partial charge >= 0.3 is 0 Å². The third kappa shape index (κ3) is 1.35. The van der Waals surface area contributed by atoms with Gasteiger partial charge in [0.25, 0.3) is 0 Å². The molecule has 0 aliphatic carbocycles. The van der Waals surface area contributed by atoms with Crippen LogP contribution in [0.15, 0.2) is 22.9 Å². The number of imidazole rings is 1. The minimum atomic E-state index is -0.275. The third-order valence-electron chi connectivity index (χ3n) is 1.44. The molecular weight excluding hydrogens is 338 g/mol. The summed E-state index contributed by atoms with van der Waals surface area (Å²) in [6, 6.07) is 1.40. The van der Waals surface area contributed by atoms with Crippen molar-refractivity contribution >= 4 is 44.2 Å². The van der Waals surface area contributed by atoms with Crippen LogP contribution in [0.5, 0.6) is 0 Å². The number of rotatable bonds is 0. The van der Waals surface area contributed by atoms with Gasteiger partial charge in [-0.05, 0) is 44.6 Å². The Labute approximate surface area is 90.1 Å². The fraction of sp³-hybridized carbons (Fsp3) is 0. The summed E-state index contributed by atoms with van der Waals surface area (Å²) >= 11 is 5.32. The highest BCUT2D eigenvalue weighted by molar-refractivity contribution is 14.1. The molecule has 5 heteroatoms. The molecule has 0 saturated heterocycles. The van der Waals surface area contributed by atoms with Crippen molar-refractivity contribution < 1.29 is 4.39 Å².